The lowest BCUT2D eigenvalue weighted by atomic mass is 9.73. The summed E-state index contributed by atoms with van der Waals surface area (Å²) < 4.78 is 5.23. The molecule has 3 rings (SSSR count). The number of benzene rings is 2. The smallest absolute Gasteiger partial charge is 0.423 e. The summed E-state index contributed by atoms with van der Waals surface area (Å²) in [6.07, 6.45) is 2.88. The van der Waals surface area contributed by atoms with Crippen molar-refractivity contribution in [3.63, 3.8) is 0 Å². The Morgan fingerprint density at radius 1 is 1.26 bits per heavy atom. The lowest BCUT2D eigenvalue weighted by molar-refractivity contribution is 0.102. The lowest BCUT2D eigenvalue weighted by Gasteiger charge is -2.19. The molecule has 1 aliphatic heterocycles. The standard InChI is InChI=1S/C18H20BNO3/c1-2-3-13-4-6-15(7-5-13)18(21)20-16-9-8-14-10-11-23-19(22)17(14)12-16/h4-9,12,22H,2-3,10-11H2,1H3,(H,20,21). The van der Waals surface area contributed by atoms with Crippen molar-refractivity contribution in [2.45, 2.75) is 26.2 Å². The average molecular weight is 309 g/mol. The third kappa shape index (κ3) is 3.63. The van der Waals surface area contributed by atoms with Gasteiger partial charge < -0.3 is 15.0 Å². The highest BCUT2D eigenvalue weighted by Crippen LogP contribution is 2.14. The molecule has 0 spiro atoms. The second-order valence-corrected chi connectivity index (χ2v) is 5.79. The first-order valence-corrected chi connectivity index (χ1v) is 8.00. The number of aryl methyl sites for hydroxylation is 1. The SMILES string of the molecule is CCCc1ccc(C(=O)Nc2ccc3c(c2)B(O)OCC3)cc1. The molecular weight excluding hydrogens is 289 g/mol. The Labute approximate surface area is 136 Å². The number of nitrogens with one attached hydrogen (secondary N) is 1. The van der Waals surface area contributed by atoms with Crippen LogP contribution >= 0.6 is 0 Å². The van der Waals surface area contributed by atoms with Crippen molar-refractivity contribution in [1.29, 1.82) is 0 Å². The predicted molar refractivity (Wildman–Crippen MR) is 92.1 cm³/mol. The molecule has 1 amide bonds. The van der Waals surface area contributed by atoms with E-state index in [0.29, 0.717) is 17.9 Å². The van der Waals surface area contributed by atoms with E-state index in [1.165, 1.54) is 5.56 Å². The van der Waals surface area contributed by atoms with Crippen LogP contribution in [0, 0.1) is 0 Å². The molecule has 0 saturated carbocycles. The van der Waals surface area contributed by atoms with Crippen molar-refractivity contribution < 1.29 is 14.5 Å². The molecular formula is C18H20BNO3. The minimum atomic E-state index is -0.913. The molecule has 2 aromatic rings. The highest BCUT2D eigenvalue weighted by molar-refractivity contribution is 6.61. The number of rotatable bonds is 4. The minimum absolute atomic E-state index is 0.154. The summed E-state index contributed by atoms with van der Waals surface area (Å²) in [5, 5.41) is 12.8. The van der Waals surface area contributed by atoms with E-state index in [4.69, 9.17) is 4.65 Å². The van der Waals surface area contributed by atoms with Crippen molar-refractivity contribution in [1.82, 2.24) is 0 Å². The van der Waals surface area contributed by atoms with Gasteiger partial charge in [-0.2, -0.15) is 0 Å². The molecule has 0 aliphatic carbocycles. The fourth-order valence-electron chi connectivity index (χ4n) is 2.82. The van der Waals surface area contributed by atoms with Crippen molar-refractivity contribution in [2.24, 2.45) is 0 Å². The quantitative estimate of drug-likeness (QED) is 0.851. The molecule has 2 N–H and O–H groups in total. The molecule has 0 bridgehead atoms. The summed E-state index contributed by atoms with van der Waals surface area (Å²) in [6, 6.07) is 13.2. The van der Waals surface area contributed by atoms with Gasteiger partial charge in [-0.1, -0.05) is 31.5 Å². The fraction of sp³-hybridized carbons (Fsp3) is 0.278. The Morgan fingerprint density at radius 2 is 2.04 bits per heavy atom. The van der Waals surface area contributed by atoms with E-state index in [1.54, 1.807) is 6.07 Å². The first kappa shape index (κ1) is 15.8. The molecule has 0 radical (unpaired) electrons. The number of hydrogen-bond acceptors (Lipinski definition) is 3. The van der Waals surface area contributed by atoms with Crippen LogP contribution in [0.25, 0.3) is 0 Å². The summed E-state index contributed by atoms with van der Waals surface area (Å²) in [6.45, 7) is 2.65. The van der Waals surface area contributed by atoms with E-state index in [2.05, 4.69) is 12.2 Å². The number of fused-ring (bicyclic) bond motifs is 1. The van der Waals surface area contributed by atoms with Gasteiger partial charge in [-0.15, -0.1) is 0 Å². The minimum Gasteiger partial charge on any atom is -0.423 e. The van der Waals surface area contributed by atoms with Crippen LogP contribution in [0.3, 0.4) is 0 Å². The van der Waals surface area contributed by atoms with E-state index >= 15 is 0 Å². The van der Waals surface area contributed by atoms with Crippen LogP contribution in [0.2, 0.25) is 0 Å². The highest BCUT2D eigenvalue weighted by atomic mass is 16.5. The van der Waals surface area contributed by atoms with Crippen molar-refractivity contribution in [2.75, 3.05) is 11.9 Å². The van der Waals surface area contributed by atoms with Gasteiger partial charge in [-0.25, -0.2) is 0 Å². The van der Waals surface area contributed by atoms with Gasteiger partial charge in [0.25, 0.3) is 5.91 Å². The highest BCUT2D eigenvalue weighted by Gasteiger charge is 2.25. The molecule has 1 aliphatic rings. The van der Waals surface area contributed by atoms with Gasteiger partial charge in [-0.3, -0.25) is 4.79 Å². The summed E-state index contributed by atoms with van der Waals surface area (Å²) in [5.41, 5.74) is 4.31. The van der Waals surface area contributed by atoms with Gasteiger partial charge >= 0.3 is 7.12 Å². The van der Waals surface area contributed by atoms with Crippen molar-refractivity contribution >= 4 is 24.2 Å². The first-order valence-electron chi connectivity index (χ1n) is 8.00. The Bertz CT molecular complexity index is 700. The van der Waals surface area contributed by atoms with Gasteiger partial charge in [0.1, 0.15) is 0 Å². The second kappa shape index (κ2) is 6.98. The van der Waals surface area contributed by atoms with Crippen molar-refractivity contribution in [3.8, 4) is 0 Å². The Morgan fingerprint density at radius 3 is 2.78 bits per heavy atom. The number of carbonyl (C=O) groups excluding carboxylic acids is 1. The van der Waals surface area contributed by atoms with Gasteiger partial charge in [0.2, 0.25) is 0 Å². The van der Waals surface area contributed by atoms with Crippen LogP contribution in [0.1, 0.15) is 34.8 Å². The Kier molecular flexibility index (Phi) is 4.79. The van der Waals surface area contributed by atoms with Gasteiger partial charge in [0.15, 0.2) is 0 Å². The Hall–Kier alpha value is -2.11. The molecule has 0 unspecified atom stereocenters. The van der Waals surface area contributed by atoms with Crippen LogP contribution in [-0.2, 0) is 17.5 Å². The average Bonchev–Trinajstić information content (AvgIpc) is 2.56. The number of carbonyl (C=O) groups is 1. The van der Waals surface area contributed by atoms with Crippen LogP contribution in [0.5, 0.6) is 0 Å². The largest absolute Gasteiger partial charge is 0.491 e. The second-order valence-electron chi connectivity index (χ2n) is 5.79. The molecule has 4 nitrogen and oxygen atoms in total. The fourth-order valence-corrected chi connectivity index (χ4v) is 2.82. The van der Waals surface area contributed by atoms with Crippen LogP contribution in [0.15, 0.2) is 42.5 Å². The zero-order chi connectivity index (χ0) is 16.2. The third-order valence-electron chi connectivity index (χ3n) is 4.07. The molecule has 118 valence electrons. The van der Waals surface area contributed by atoms with Gasteiger partial charge in [-0.05, 0) is 53.7 Å². The summed E-state index contributed by atoms with van der Waals surface area (Å²) >= 11 is 0. The van der Waals surface area contributed by atoms with Gasteiger partial charge in [0, 0.05) is 17.9 Å². The molecule has 1 heterocycles. The maximum absolute atomic E-state index is 12.3. The molecule has 5 heteroatoms. The normalized spacial score (nSPS) is 13.6. The first-order chi connectivity index (χ1) is 11.2. The molecule has 0 aromatic heterocycles. The van der Waals surface area contributed by atoms with E-state index in [0.717, 1.165) is 30.3 Å². The summed E-state index contributed by atoms with van der Waals surface area (Å²) in [5.74, 6) is -0.154. The van der Waals surface area contributed by atoms with E-state index in [1.807, 2.05) is 36.4 Å². The van der Waals surface area contributed by atoms with Gasteiger partial charge in [0.05, 0.1) is 0 Å². The summed E-state index contributed by atoms with van der Waals surface area (Å²) in [4.78, 5) is 12.3. The molecule has 2 aromatic carbocycles. The number of hydrogen-bond donors (Lipinski definition) is 2. The monoisotopic (exact) mass is 309 g/mol. The summed E-state index contributed by atoms with van der Waals surface area (Å²) in [7, 11) is -0.913. The van der Waals surface area contributed by atoms with E-state index < -0.39 is 7.12 Å². The van der Waals surface area contributed by atoms with E-state index in [9.17, 15) is 9.82 Å². The predicted octanol–water partition coefficient (Wildman–Crippen LogP) is 2.15. The lowest BCUT2D eigenvalue weighted by Crippen LogP contribution is -2.41. The Balaban J connectivity index is 1.73. The van der Waals surface area contributed by atoms with Crippen molar-refractivity contribution in [3.05, 3.63) is 59.2 Å². The third-order valence-corrected chi connectivity index (χ3v) is 4.07. The number of anilines is 1. The maximum atomic E-state index is 12.3. The zero-order valence-electron chi connectivity index (χ0n) is 13.2. The van der Waals surface area contributed by atoms with Crippen LogP contribution < -0.4 is 10.8 Å². The van der Waals surface area contributed by atoms with Crippen LogP contribution in [0.4, 0.5) is 5.69 Å². The van der Waals surface area contributed by atoms with E-state index in [-0.39, 0.29) is 5.91 Å². The zero-order valence-corrected chi connectivity index (χ0v) is 13.2. The molecule has 0 saturated heterocycles. The number of amides is 1. The molecule has 0 atom stereocenters. The topological polar surface area (TPSA) is 58.6 Å². The van der Waals surface area contributed by atoms with Crippen LogP contribution in [-0.4, -0.2) is 24.7 Å². The molecule has 23 heavy (non-hydrogen) atoms. The molecule has 0 fully saturated rings. The maximum Gasteiger partial charge on any atom is 0.491 e.